The second kappa shape index (κ2) is 7.44. The number of aryl methyl sites for hydroxylation is 2. The summed E-state index contributed by atoms with van der Waals surface area (Å²) in [4.78, 5) is 21.7. The van der Waals surface area contributed by atoms with Crippen molar-refractivity contribution in [3.63, 3.8) is 0 Å². The minimum Gasteiger partial charge on any atom is -0.480 e. The quantitative estimate of drug-likeness (QED) is 0.836. The van der Waals surface area contributed by atoms with Gasteiger partial charge in [0.05, 0.1) is 7.11 Å². The first kappa shape index (κ1) is 18.4. The third-order valence-corrected chi connectivity index (χ3v) is 4.82. The van der Waals surface area contributed by atoms with Crippen LogP contribution in [0.5, 0.6) is 5.88 Å². The lowest BCUT2D eigenvalue weighted by Gasteiger charge is -2.18. The topological polar surface area (TPSA) is 64.1 Å². The van der Waals surface area contributed by atoms with Crippen LogP contribution in [0.1, 0.15) is 67.2 Å². The van der Waals surface area contributed by atoms with Crippen LogP contribution < -0.4 is 10.1 Å². The zero-order chi connectivity index (χ0) is 18.7. The van der Waals surface area contributed by atoms with E-state index in [0.717, 1.165) is 42.5 Å². The van der Waals surface area contributed by atoms with Crippen molar-refractivity contribution >= 4 is 11.7 Å². The van der Waals surface area contributed by atoms with E-state index < -0.39 is 0 Å². The Hall–Kier alpha value is -2.43. The highest BCUT2D eigenvalue weighted by molar-refractivity contribution is 6.05. The molecule has 1 amide bonds. The lowest BCUT2D eigenvalue weighted by atomic mass is 9.88. The van der Waals surface area contributed by atoms with E-state index in [1.807, 2.05) is 24.4 Å². The number of carbonyl (C=O) groups excluding carboxylic acids is 1. The molecular weight excluding hydrogens is 326 g/mol. The van der Waals surface area contributed by atoms with Crippen molar-refractivity contribution in [1.82, 2.24) is 9.97 Å². The molecule has 1 aliphatic rings. The molecule has 26 heavy (non-hydrogen) atoms. The van der Waals surface area contributed by atoms with Crippen LogP contribution in [-0.2, 0) is 18.3 Å². The van der Waals surface area contributed by atoms with Gasteiger partial charge in [-0.2, -0.15) is 0 Å². The maximum Gasteiger partial charge on any atom is 0.262 e. The maximum absolute atomic E-state index is 12.8. The predicted octanol–water partition coefficient (Wildman–Crippen LogP) is 4.30. The summed E-state index contributed by atoms with van der Waals surface area (Å²) in [6, 6.07) is 5.77. The molecule has 0 saturated carbocycles. The Bertz CT molecular complexity index is 792. The Morgan fingerprint density at radius 2 is 1.92 bits per heavy atom. The van der Waals surface area contributed by atoms with E-state index in [-0.39, 0.29) is 11.3 Å². The van der Waals surface area contributed by atoms with E-state index in [0.29, 0.717) is 17.3 Å². The molecule has 138 valence electrons. The fraction of sp³-hybridized carbons (Fsp3) is 0.476. The van der Waals surface area contributed by atoms with Crippen LogP contribution in [0.25, 0.3) is 0 Å². The molecule has 0 saturated heterocycles. The fourth-order valence-electron chi connectivity index (χ4n) is 3.20. The molecule has 0 bridgehead atoms. The number of fused-ring (bicyclic) bond motifs is 1. The van der Waals surface area contributed by atoms with E-state index in [1.54, 1.807) is 7.11 Å². The van der Waals surface area contributed by atoms with E-state index in [4.69, 9.17) is 4.74 Å². The number of carbonyl (C=O) groups is 1. The Morgan fingerprint density at radius 3 is 2.58 bits per heavy atom. The number of rotatable bonds is 3. The summed E-state index contributed by atoms with van der Waals surface area (Å²) in [7, 11) is 1.55. The summed E-state index contributed by atoms with van der Waals surface area (Å²) < 4.78 is 5.38. The largest absolute Gasteiger partial charge is 0.480 e. The minimum absolute atomic E-state index is 0.0275. The van der Waals surface area contributed by atoms with Gasteiger partial charge in [0.15, 0.2) is 0 Å². The number of amides is 1. The second-order valence-corrected chi connectivity index (χ2v) is 7.85. The molecule has 0 aromatic carbocycles. The summed E-state index contributed by atoms with van der Waals surface area (Å²) in [6.45, 7) is 6.40. The van der Waals surface area contributed by atoms with Gasteiger partial charge < -0.3 is 10.1 Å². The van der Waals surface area contributed by atoms with Crippen LogP contribution in [0.3, 0.4) is 0 Å². The molecule has 0 radical (unpaired) electrons. The van der Waals surface area contributed by atoms with Crippen LogP contribution in [0.2, 0.25) is 0 Å². The minimum atomic E-state index is -0.239. The monoisotopic (exact) mass is 353 g/mol. The predicted molar refractivity (Wildman–Crippen MR) is 103 cm³/mol. The molecule has 0 atom stereocenters. The van der Waals surface area contributed by atoms with Crippen LogP contribution in [0, 0.1) is 0 Å². The second-order valence-electron chi connectivity index (χ2n) is 7.85. The van der Waals surface area contributed by atoms with Crippen LogP contribution in [0.4, 0.5) is 5.82 Å². The molecule has 0 unspecified atom stereocenters. The van der Waals surface area contributed by atoms with Crippen molar-refractivity contribution in [2.75, 3.05) is 12.4 Å². The van der Waals surface area contributed by atoms with Gasteiger partial charge in [0.1, 0.15) is 11.4 Å². The molecule has 1 N–H and O–H groups in total. The van der Waals surface area contributed by atoms with Crippen LogP contribution in [0.15, 0.2) is 24.4 Å². The number of aromatic nitrogens is 2. The molecule has 3 rings (SSSR count). The number of hydrogen-bond donors (Lipinski definition) is 1. The summed E-state index contributed by atoms with van der Waals surface area (Å²) in [5.41, 5.74) is 3.84. The molecule has 2 heterocycles. The van der Waals surface area contributed by atoms with Gasteiger partial charge in [-0.05, 0) is 54.4 Å². The third-order valence-electron chi connectivity index (χ3n) is 4.82. The van der Waals surface area contributed by atoms with Crippen molar-refractivity contribution in [2.45, 2.75) is 58.3 Å². The zero-order valence-corrected chi connectivity index (χ0v) is 16.1. The van der Waals surface area contributed by atoms with Gasteiger partial charge in [-0.3, -0.25) is 4.79 Å². The van der Waals surface area contributed by atoms with Gasteiger partial charge in [-0.15, -0.1) is 0 Å². The summed E-state index contributed by atoms with van der Waals surface area (Å²) in [6.07, 6.45) is 7.19. The molecule has 5 nitrogen and oxygen atoms in total. The summed E-state index contributed by atoms with van der Waals surface area (Å²) in [5.74, 6) is 0.673. The van der Waals surface area contributed by atoms with Gasteiger partial charge in [0.2, 0.25) is 5.88 Å². The molecule has 2 aromatic heterocycles. The number of pyridine rings is 2. The molecule has 0 aliphatic heterocycles. The Balaban J connectivity index is 1.84. The average molecular weight is 353 g/mol. The van der Waals surface area contributed by atoms with Gasteiger partial charge in [0, 0.05) is 11.9 Å². The van der Waals surface area contributed by atoms with E-state index in [1.165, 1.54) is 6.42 Å². The molecule has 0 spiro atoms. The highest BCUT2D eigenvalue weighted by Gasteiger charge is 2.20. The number of nitrogens with one attached hydrogen (secondary N) is 1. The first-order chi connectivity index (χ1) is 12.4. The average Bonchev–Trinajstić information content (AvgIpc) is 2.84. The normalized spacial score (nSPS) is 14.3. The highest BCUT2D eigenvalue weighted by atomic mass is 16.5. The van der Waals surface area contributed by atoms with E-state index in [2.05, 4.69) is 36.1 Å². The maximum atomic E-state index is 12.8. The van der Waals surface area contributed by atoms with Gasteiger partial charge in [-0.1, -0.05) is 33.3 Å². The van der Waals surface area contributed by atoms with Crippen molar-refractivity contribution < 1.29 is 9.53 Å². The molecule has 0 fully saturated rings. The van der Waals surface area contributed by atoms with E-state index in [9.17, 15) is 4.79 Å². The first-order valence-corrected chi connectivity index (χ1v) is 9.23. The van der Waals surface area contributed by atoms with E-state index >= 15 is 0 Å². The first-order valence-electron chi connectivity index (χ1n) is 9.23. The van der Waals surface area contributed by atoms with Gasteiger partial charge >= 0.3 is 0 Å². The highest BCUT2D eigenvalue weighted by Crippen LogP contribution is 2.26. The van der Waals surface area contributed by atoms with Crippen molar-refractivity contribution in [3.05, 3.63) is 46.8 Å². The standard InChI is InChI=1S/C21H27N3O2/c1-21(2,3)15-10-11-18(22-13-15)24-19(25)16-12-14-8-6-5-7-9-17(14)23-20(16)26-4/h10-13H,5-9H2,1-4H3,(H,22,24,25). The summed E-state index contributed by atoms with van der Waals surface area (Å²) in [5, 5.41) is 2.86. The Labute approximate surface area is 155 Å². The Morgan fingerprint density at radius 1 is 1.15 bits per heavy atom. The van der Waals surface area contributed by atoms with Gasteiger partial charge in [0.25, 0.3) is 5.91 Å². The number of ether oxygens (including phenoxy) is 1. The van der Waals surface area contributed by atoms with Crippen molar-refractivity contribution in [3.8, 4) is 5.88 Å². The number of anilines is 1. The Kier molecular flexibility index (Phi) is 5.25. The van der Waals surface area contributed by atoms with Crippen LogP contribution in [-0.4, -0.2) is 23.0 Å². The van der Waals surface area contributed by atoms with Crippen LogP contribution >= 0.6 is 0 Å². The lowest BCUT2D eigenvalue weighted by Crippen LogP contribution is -2.17. The van der Waals surface area contributed by atoms with Gasteiger partial charge in [-0.25, -0.2) is 9.97 Å². The number of methoxy groups -OCH3 is 1. The fourth-order valence-corrected chi connectivity index (χ4v) is 3.20. The zero-order valence-electron chi connectivity index (χ0n) is 16.1. The third kappa shape index (κ3) is 4.03. The SMILES string of the molecule is COc1nc2c(cc1C(=O)Nc1ccc(C(C)(C)C)cn1)CCCCC2. The lowest BCUT2D eigenvalue weighted by molar-refractivity contribution is 0.102. The molecule has 2 aromatic rings. The summed E-state index contributed by atoms with van der Waals surface area (Å²) >= 11 is 0. The smallest absolute Gasteiger partial charge is 0.262 e. The number of nitrogens with zero attached hydrogens (tertiary/aromatic N) is 2. The molecular formula is C21H27N3O2. The number of hydrogen-bond acceptors (Lipinski definition) is 4. The molecule has 5 heteroatoms. The van der Waals surface area contributed by atoms with Crippen molar-refractivity contribution in [1.29, 1.82) is 0 Å². The molecule has 1 aliphatic carbocycles. The van der Waals surface area contributed by atoms with Crippen molar-refractivity contribution in [2.24, 2.45) is 0 Å².